The van der Waals surface area contributed by atoms with Crippen LogP contribution in [0, 0.1) is 6.92 Å². The molecule has 5 heteroatoms. The lowest BCUT2D eigenvalue weighted by Gasteiger charge is -2.42. The minimum atomic E-state index is -0.204. The molecular weight excluding hydrogens is 254 g/mol. The number of aryl methyl sites for hydroxylation is 1. The molecule has 2 rings (SSSR count). The molecule has 5 nitrogen and oxygen atoms in total. The number of carbonyl (C=O) groups excluding carboxylic acids is 1. The fourth-order valence-corrected chi connectivity index (χ4v) is 2.49. The van der Waals surface area contributed by atoms with Crippen molar-refractivity contribution < 1.29 is 4.79 Å². The second kappa shape index (κ2) is 5.40. The lowest BCUT2D eigenvalue weighted by molar-refractivity contribution is 0.0450. The predicted molar refractivity (Wildman–Crippen MR) is 79.0 cm³/mol. The first-order valence-electron chi connectivity index (χ1n) is 7.03. The number of pyridine rings is 1. The van der Waals surface area contributed by atoms with Crippen molar-refractivity contribution in [1.29, 1.82) is 0 Å². The topological polar surface area (TPSA) is 56.4 Å². The average molecular weight is 277 g/mol. The number of H-pyrrole nitrogens is 1. The van der Waals surface area contributed by atoms with Gasteiger partial charge in [-0.3, -0.25) is 14.5 Å². The third kappa shape index (κ3) is 3.10. The highest BCUT2D eigenvalue weighted by molar-refractivity contribution is 5.93. The summed E-state index contributed by atoms with van der Waals surface area (Å²) in [7, 11) is 0. The van der Waals surface area contributed by atoms with Crippen LogP contribution < -0.4 is 5.43 Å². The fraction of sp³-hybridized carbons (Fsp3) is 0.600. The molecule has 0 saturated carbocycles. The number of nitrogens with zero attached hydrogens (tertiary/aromatic N) is 2. The largest absolute Gasteiger partial charge is 0.364 e. The van der Waals surface area contributed by atoms with E-state index in [1.54, 1.807) is 11.8 Å². The fourth-order valence-electron chi connectivity index (χ4n) is 2.49. The molecule has 1 fully saturated rings. The van der Waals surface area contributed by atoms with Crippen LogP contribution in [-0.4, -0.2) is 52.4 Å². The second-order valence-electron chi connectivity index (χ2n) is 6.34. The van der Waals surface area contributed by atoms with Crippen LogP contribution in [0.3, 0.4) is 0 Å². The molecule has 1 aromatic rings. The zero-order chi connectivity index (χ0) is 14.9. The van der Waals surface area contributed by atoms with Gasteiger partial charge in [0.05, 0.1) is 0 Å². The van der Waals surface area contributed by atoms with Crippen LogP contribution in [0.5, 0.6) is 0 Å². The molecule has 1 N–H and O–H groups in total. The van der Waals surface area contributed by atoms with Crippen LogP contribution in [0.2, 0.25) is 0 Å². The minimum Gasteiger partial charge on any atom is -0.364 e. The summed E-state index contributed by atoms with van der Waals surface area (Å²) in [5, 5.41) is 0. The number of piperazine rings is 1. The van der Waals surface area contributed by atoms with Crippen molar-refractivity contribution in [3.8, 4) is 0 Å². The number of nitrogens with one attached hydrogen (secondary N) is 1. The Kier molecular flexibility index (Phi) is 3.99. The zero-order valence-corrected chi connectivity index (χ0v) is 12.7. The third-order valence-electron chi connectivity index (χ3n) is 3.80. The first-order valence-corrected chi connectivity index (χ1v) is 7.03. The number of rotatable bonds is 1. The number of carbonyl (C=O) groups is 1. The van der Waals surface area contributed by atoms with Gasteiger partial charge >= 0.3 is 0 Å². The molecule has 20 heavy (non-hydrogen) atoms. The molecule has 0 aromatic carbocycles. The van der Waals surface area contributed by atoms with Gasteiger partial charge in [-0.1, -0.05) is 0 Å². The second-order valence-corrected chi connectivity index (χ2v) is 6.34. The Morgan fingerprint density at radius 2 is 1.80 bits per heavy atom. The summed E-state index contributed by atoms with van der Waals surface area (Å²) in [5.74, 6) is -0.167. The van der Waals surface area contributed by atoms with Crippen molar-refractivity contribution in [2.45, 2.75) is 33.2 Å². The van der Waals surface area contributed by atoms with E-state index >= 15 is 0 Å². The maximum atomic E-state index is 12.4. The van der Waals surface area contributed by atoms with Gasteiger partial charge in [-0.25, -0.2) is 0 Å². The molecule has 2 heterocycles. The Morgan fingerprint density at radius 3 is 2.30 bits per heavy atom. The molecule has 0 aliphatic carbocycles. The number of amides is 1. The summed E-state index contributed by atoms with van der Waals surface area (Å²) in [6.07, 6.45) is 1.52. The van der Waals surface area contributed by atoms with Crippen molar-refractivity contribution in [3.63, 3.8) is 0 Å². The molecular formula is C15H23N3O2. The van der Waals surface area contributed by atoms with Gasteiger partial charge in [0.25, 0.3) is 5.91 Å². The number of aromatic amines is 1. The van der Waals surface area contributed by atoms with Gasteiger partial charge < -0.3 is 9.88 Å². The van der Waals surface area contributed by atoms with Crippen molar-refractivity contribution in [2.24, 2.45) is 0 Å². The lowest BCUT2D eigenvalue weighted by Crippen LogP contribution is -2.55. The van der Waals surface area contributed by atoms with Gasteiger partial charge in [0.1, 0.15) is 5.56 Å². The van der Waals surface area contributed by atoms with E-state index in [-0.39, 0.29) is 22.4 Å². The van der Waals surface area contributed by atoms with Crippen molar-refractivity contribution in [2.75, 3.05) is 26.2 Å². The van der Waals surface area contributed by atoms with Gasteiger partial charge in [-0.2, -0.15) is 0 Å². The Bertz CT molecular complexity index is 549. The Morgan fingerprint density at radius 1 is 1.20 bits per heavy atom. The van der Waals surface area contributed by atoms with E-state index in [9.17, 15) is 9.59 Å². The monoisotopic (exact) mass is 277 g/mol. The smallest absolute Gasteiger partial charge is 0.259 e. The highest BCUT2D eigenvalue weighted by Gasteiger charge is 2.28. The lowest BCUT2D eigenvalue weighted by atomic mass is 10.0. The minimum absolute atomic E-state index is 0.121. The number of hydrogen-bond donors (Lipinski definition) is 1. The molecule has 1 amide bonds. The zero-order valence-electron chi connectivity index (χ0n) is 12.7. The van der Waals surface area contributed by atoms with E-state index in [0.717, 1.165) is 18.8 Å². The molecule has 0 unspecified atom stereocenters. The summed E-state index contributed by atoms with van der Waals surface area (Å²) < 4.78 is 0. The quantitative estimate of drug-likeness (QED) is 0.840. The molecule has 1 aliphatic rings. The van der Waals surface area contributed by atoms with Crippen molar-refractivity contribution in [1.82, 2.24) is 14.8 Å². The van der Waals surface area contributed by atoms with Gasteiger partial charge in [0, 0.05) is 49.7 Å². The molecule has 110 valence electrons. The van der Waals surface area contributed by atoms with Crippen LogP contribution in [0.15, 0.2) is 17.1 Å². The normalized spacial score (nSPS) is 17.3. The highest BCUT2D eigenvalue weighted by atomic mass is 16.2. The molecule has 1 aliphatic heterocycles. The number of hydrogen-bond acceptors (Lipinski definition) is 3. The highest BCUT2D eigenvalue weighted by Crippen LogP contribution is 2.16. The maximum Gasteiger partial charge on any atom is 0.259 e. The standard InChI is InChI=1S/C15H23N3O2/c1-11-9-13(19)12(10-16-11)14(20)17-5-7-18(8-6-17)15(2,3)4/h9-10H,5-8H2,1-4H3,(H,16,19). The van der Waals surface area contributed by atoms with Crippen LogP contribution >= 0.6 is 0 Å². The van der Waals surface area contributed by atoms with E-state index in [1.165, 1.54) is 12.3 Å². The molecule has 0 radical (unpaired) electrons. The molecule has 1 saturated heterocycles. The van der Waals surface area contributed by atoms with E-state index in [4.69, 9.17) is 0 Å². The third-order valence-corrected chi connectivity index (χ3v) is 3.80. The van der Waals surface area contributed by atoms with Crippen molar-refractivity contribution >= 4 is 5.91 Å². The van der Waals surface area contributed by atoms with Gasteiger partial charge in [-0.05, 0) is 27.7 Å². The SMILES string of the molecule is Cc1cc(=O)c(C(=O)N2CCN(C(C)(C)C)CC2)c[nH]1. The van der Waals surface area contributed by atoms with Crippen LogP contribution in [0.4, 0.5) is 0 Å². The van der Waals surface area contributed by atoms with Crippen LogP contribution in [0.25, 0.3) is 0 Å². The van der Waals surface area contributed by atoms with E-state index < -0.39 is 0 Å². The van der Waals surface area contributed by atoms with Crippen LogP contribution in [-0.2, 0) is 0 Å². The van der Waals surface area contributed by atoms with Crippen LogP contribution in [0.1, 0.15) is 36.8 Å². The van der Waals surface area contributed by atoms with E-state index in [2.05, 4.69) is 30.7 Å². The average Bonchev–Trinajstić information content (AvgIpc) is 2.37. The van der Waals surface area contributed by atoms with E-state index in [0.29, 0.717) is 13.1 Å². The Labute approximate surface area is 119 Å². The first-order chi connectivity index (χ1) is 9.29. The summed E-state index contributed by atoms with van der Waals surface area (Å²) in [4.78, 5) is 31.3. The molecule has 1 aromatic heterocycles. The molecule has 0 atom stereocenters. The molecule has 0 spiro atoms. The van der Waals surface area contributed by atoms with E-state index in [1.807, 2.05) is 0 Å². The maximum absolute atomic E-state index is 12.4. The summed E-state index contributed by atoms with van der Waals surface area (Å²) >= 11 is 0. The summed E-state index contributed by atoms with van der Waals surface area (Å²) in [6.45, 7) is 11.4. The van der Waals surface area contributed by atoms with Crippen molar-refractivity contribution in [3.05, 3.63) is 33.7 Å². The summed E-state index contributed by atoms with van der Waals surface area (Å²) in [6, 6.07) is 1.47. The number of aromatic nitrogens is 1. The summed E-state index contributed by atoms with van der Waals surface area (Å²) in [5.41, 5.74) is 0.921. The van der Waals surface area contributed by atoms with Gasteiger partial charge in [-0.15, -0.1) is 0 Å². The predicted octanol–water partition coefficient (Wildman–Crippen LogP) is 1.24. The molecule has 0 bridgehead atoms. The Balaban J connectivity index is 2.07. The Hall–Kier alpha value is -1.62. The first kappa shape index (κ1) is 14.8. The van der Waals surface area contributed by atoms with Gasteiger partial charge in [0.2, 0.25) is 0 Å². The van der Waals surface area contributed by atoms with Gasteiger partial charge in [0.15, 0.2) is 5.43 Å².